The molecule has 0 amide bonds. The van der Waals surface area contributed by atoms with Gasteiger partial charge in [0.15, 0.2) is 0 Å². The summed E-state index contributed by atoms with van der Waals surface area (Å²) < 4.78 is 0. The Hall–Kier alpha value is -4.08. The molecule has 0 nitrogen and oxygen atoms in total. The monoisotopic (exact) mass is 608 g/mol. The second-order valence-electron chi connectivity index (χ2n) is 11.2. The van der Waals surface area contributed by atoms with Crippen molar-refractivity contribution in [2.75, 3.05) is 0 Å². The van der Waals surface area contributed by atoms with Crippen LogP contribution in [0.1, 0.15) is 27.7 Å². The summed E-state index contributed by atoms with van der Waals surface area (Å²) in [5.41, 5.74) is 0. The van der Waals surface area contributed by atoms with E-state index in [2.05, 4.69) is 210 Å². The van der Waals surface area contributed by atoms with Gasteiger partial charge in [-0.3, -0.25) is 0 Å². The molecule has 220 valence electrons. The van der Waals surface area contributed by atoms with E-state index in [-0.39, 0.29) is 0 Å². The highest BCUT2D eigenvalue weighted by atomic mass is 31.2. The number of hydrogen-bond acceptors (Lipinski definition) is 0. The van der Waals surface area contributed by atoms with E-state index in [0.29, 0.717) is 0 Å². The van der Waals surface area contributed by atoms with E-state index < -0.39 is 13.8 Å². The van der Waals surface area contributed by atoms with Crippen molar-refractivity contribution in [2.24, 2.45) is 0 Å². The Balaban J connectivity index is 0.000000175. The van der Waals surface area contributed by atoms with Gasteiger partial charge in [0.05, 0.1) is 0 Å². The molecule has 0 aromatic heterocycles. The van der Waals surface area contributed by atoms with E-state index in [1.54, 1.807) is 0 Å². The summed E-state index contributed by atoms with van der Waals surface area (Å²) >= 11 is 0. The zero-order valence-corrected chi connectivity index (χ0v) is 28.0. The first kappa shape index (κ1) is 31.3. The van der Waals surface area contributed by atoms with Crippen molar-refractivity contribution in [1.82, 2.24) is 0 Å². The standard InChI is InChI=1S/2C21H21P/c2*1-18(2)22(19-12-6-3-7-13-19,20-14-8-4-9-15-20)21-16-10-5-11-17-21/h2*3-17H,1-2H3. The van der Waals surface area contributed by atoms with Crippen molar-refractivity contribution in [3.63, 3.8) is 0 Å². The zero-order chi connectivity index (χ0) is 30.8. The van der Waals surface area contributed by atoms with Crippen LogP contribution < -0.4 is 31.8 Å². The molecule has 44 heavy (non-hydrogen) atoms. The van der Waals surface area contributed by atoms with E-state index in [9.17, 15) is 0 Å². The van der Waals surface area contributed by atoms with Crippen LogP contribution in [-0.4, -0.2) is 10.6 Å². The van der Waals surface area contributed by atoms with Crippen molar-refractivity contribution in [2.45, 2.75) is 27.7 Å². The van der Waals surface area contributed by atoms with Crippen molar-refractivity contribution in [3.8, 4) is 0 Å². The largest absolute Gasteiger partial charge is 0.0662 e. The molecule has 0 aliphatic carbocycles. The summed E-state index contributed by atoms with van der Waals surface area (Å²) in [6.07, 6.45) is 0. The van der Waals surface area contributed by atoms with Gasteiger partial charge in [-0.2, -0.15) is 0 Å². The Labute approximate surface area is 265 Å². The molecule has 0 aliphatic rings. The van der Waals surface area contributed by atoms with Crippen molar-refractivity contribution in [3.05, 3.63) is 182 Å². The summed E-state index contributed by atoms with van der Waals surface area (Å²) in [7, 11) is 0. The molecule has 2 heteroatoms. The third kappa shape index (κ3) is 6.12. The maximum atomic E-state index is 2.28. The minimum atomic E-state index is -1.71. The van der Waals surface area contributed by atoms with Gasteiger partial charge in [-0.05, 0) is 73.3 Å². The van der Waals surface area contributed by atoms with Crippen LogP contribution >= 0.6 is 13.8 Å². The Bertz CT molecular complexity index is 1500. The van der Waals surface area contributed by atoms with E-state index in [1.165, 1.54) is 42.4 Å². The molecule has 0 saturated carbocycles. The van der Waals surface area contributed by atoms with E-state index >= 15 is 0 Å². The molecule has 0 saturated heterocycles. The molecular weight excluding hydrogens is 566 g/mol. The van der Waals surface area contributed by atoms with Gasteiger partial charge in [0, 0.05) is 0 Å². The van der Waals surface area contributed by atoms with Gasteiger partial charge in [-0.15, -0.1) is 0 Å². The minimum absolute atomic E-state index is 1.42. The molecule has 6 aromatic rings. The van der Waals surface area contributed by atoms with Crippen LogP contribution in [0.5, 0.6) is 0 Å². The van der Waals surface area contributed by atoms with Crippen molar-refractivity contribution >= 4 is 56.2 Å². The molecule has 0 radical (unpaired) electrons. The lowest BCUT2D eigenvalue weighted by atomic mass is 10.4. The third-order valence-corrected chi connectivity index (χ3v) is 17.3. The molecule has 0 aliphatic heterocycles. The van der Waals surface area contributed by atoms with E-state index in [0.717, 1.165) is 0 Å². The third-order valence-electron chi connectivity index (χ3n) is 8.20. The van der Waals surface area contributed by atoms with Crippen molar-refractivity contribution in [1.29, 1.82) is 0 Å². The Kier molecular flexibility index (Phi) is 10.4. The molecule has 0 N–H and O–H groups in total. The summed E-state index contributed by atoms with van der Waals surface area (Å²) in [5, 5.41) is 11.5. The summed E-state index contributed by atoms with van der Waals surface area (Å²) in [4.78, 5) is 0. The zero-order valence-electron chi connectivity index (χ0n) is 26.2. The average Bonchev–Trinajstić information content (AvgIpc) is 3.08. The second-order valence-corrected chi connectivity index (χ2v) is 18.8. The molecule has 0 spiro atoms. The molecule has 6 aromatic carbocycles. The fourth-order valence-electron chi connectivity index (χ4n) is 6.35. The quantitative estimate of drug-likeness (QED) is 0.167. The predicted octanol–water partition coefficient (Wildman–Crippen LogP) is 8.39. The van der Waals surface area contributed by atoms with E-state index in [4.69, 9.17) is 0 Å². The minimum Gasteiger partial charge on any atom is -0.0662 e. The fourth-order valence-corrected chi connectivity index (χ4v) is 15.0. The molecular formula is C42H42P2. The number of rotatable bonds is 6. The summed E-state index contributed by atoms with van der Waals surface area (Å²) in [5.74, 6) is 0. The summed E-state index contributed by atoms with van der Waals surface area (Å²) in [6.45, 7) is 5.70. The van der Waals surface area contributed by atoms with Crippen LogP contribution in [0, 0.1) is 0 Å². The van der Waals surface area contributed by atoms with Gasteiger partial charge in [0.2, 0.25) is 0 Å². The van der Waals surface area contributed by atoms with Gasteiger partial charge in [-0.25, -0.2) is 0 Å². The lowest BCUT2D eigenvalue weighted by Crippen LogP contribution is -2.28. The summed E-state index contributed by atoms with van der Waals surface area (Å²) in [6, 6.07) is 65.7. The molecule has 0 heterocycles. The lowest BCUT2D eigenvalue weighted by Gasteiger charge is -2.30. The highest BCUT2D eigenvalue weighted by molar-refractivity contribution is 7.95. The number of hydrogen-bond donors (Lipinski definition) is 0. The maximum Gasteiger partial charge on any atom is -0.0161 e. The molecule has 6 rings (SSSR count). The highest BCUT2D eigenvalue weighted by Crippen LogP contribution is 2.46. The number of benzene rings is 6. The van der Waals surface area contributed by atoms with Crippen LogP contribution in [-0.2, 0) is 0 Å². The first-order valence-corrected chi connectivity index (χ1v) is 18.8. The van der Waals surface area contributed by atoms with Crippen molar-refractivity contribution < 1.29 is 0 Å². The normalized spacial score (nSPS) is 11.2. The van der Waals surface area contributed by atoms with Crippen LogP contribution in [0.2, 0.25) is 0 Å². The first-order valence-electron chi connectivity index (χ1n) is 15.3. The van der Waals surface area contributed by atoms with Crippen LogP contribution in [0.25, 0.3) is 0 Å². The molecule has 0 fully saturated rings. The SMILES string of the molecule is CC(C)=P(c1ccccc1)(c1ccccc1)c1ccccc1.CC(C)=P(c1ccccc1)(c1ccccc1)c1ccccc1. The molecule has 0 bridgehead atoms. The Morgan fingerprint density at radius 2 is 0.386 bits per heavy atom. The topological polar surface area (TPSA) is 0 Å². The Morgan fingerprint density at radius 1 is 0.250 bits per heavy atom. The van der Waals surface area contributed by atoms with Gasteiger partial charge < -0.3 is 0 Å². The maximum absolute atomic E-state index is 2.28. The Morgan fingerprint density at radius 3 is 0.500 bits per heavy atom. The van der Waals surface area contributed by atoms with E-state index in [1.807, 2.05) is 0 Å². The van der Waals surface area contributed by atoms with Gasteiger partial charge in [-0.1, -0.05) is 193 Å². The molecule has 0 unspecified atom stereocenters. The first-order chi connectivity index (χ1) is 21.5. The highest BCUT2D eigenvalue weighted by Gasteiger charge is 2.27. The van der Waals surface area contributed by atoms with Crippen LogP contribution in [0.3, 0.4) is 0 Å². The molecule has 0 atom stereocenters. The fraction of sp³-hybridized carbons (Fsp3) is 0.0952. The van der Waals surface area contributed by atoms with Crippen LogP contribution in [0.4, 0.5) is 0 Å². The predicted molar refractivity (Wildman–Crippen MR) is 203 cm³/mol. The van der Waals surface area contributed by atoms with Gasteiger partial charge >= 0.3 is 0 Å². The smallest absolute Gasteiger partial charge is 0.0161 e. The lowest BCUT2D eigenvalue weighted by molar-refractivity contribution is 1.72. The van der Waals surface area contributed by atoms with Crippen LogP contribution in [0.15, 0.2) is 182 Å². The van der Waals surface area contributed by atoms with Gasteiger partial charge in [0.1, 0.15) is 0 Å². The van der Waals surface area contributed by atoms with Gasteiger partial charge in [0.25, 0.3) is 0 Å². The average molecular weight is 609 g/mol. The second kappa shape index (κ2) is 14.6.